The molecule has 1 amide bonds. The number of carbonyl (C=O) groups is 1. The van der Waals surface area contributed by atoms with Gasteiger partial charge in [0.05, 0.1) is 5.41 Å². The van der Waals surface area contributed by atoms with Gasteiger partial charge in [-0.1, -0.05) is 39.0 Å². The number of anilines is 1. The average molecular weight is 274 g/mol. The maximum atomic E-state index is 12.8. The van der Waals surface area contributed by atoms with Gasteiger partial charge in [0.1, 0.15) is 0 Å². The van der Waals surface area contributed by atoms with E-state index < -0.39 is 0 Å². The molecule has 1 heterocycles. The molecule has 1 unspecified atom stereocenters. The molecule has 3 nitrogen and oxygen atoms in total. The Balaban J connectivity index is 2.28. The molecule has 1 aliphatic rings. The SMILES string of the molecule is CCc1cccc(C)c1NC(=O)C1(C(C)C)CCNC1. The van der Waals surface area contributed by atoms with Crippen molar-refractivity contribution in [2.45, 2.75) is 40.5 Å². The summed E-state index contributed by atoms with van der Waals surface area (Å²) in [6, 6.07) is 6.21. The van der Waals surface area contributed by atoms with Gasteiger partial charge in [-0.2, -0.15) is 0 Å². The first-order chi connectivity index (χ1) is 9.51. The lowest BCUT2D eigenvalue weighted by Gasteiger charge is -2.31. The minimum atomic E-state index is -0.271. The molecule has 1 fully saturated rings. The van der Waals surface area contributed by atoms with Crippen LogP contribution >= 0.6 is 0 Å². The third-order valence-corrected chi connectivity index (χ3v) is 4.72. The molecule has 0 spiro atoms. The highest BCUT2D eigenvalue weighted by Gasteiger charge is 2.44. The molecule has 1 aromatic carbocycles. The number of carbonyl (C=O) groups excluding carboxylic acids is 1. The number of benzene rings is 1. The summed E-state index contributed by atoms with van der Waals surface area (Å²) >= 11 is 0. The van der Waals surface area contributed by atoms with Crippen molar-refractivity contribution in [2.75, 3.05) is 18.4 Å². The zero-order valence-corrected chi connectivity index (χ0v) is 13.0. The van der Waals surface area contributed by atoms with Crippen LogP contribution in [0.4, 0.5) is 5.69 Å². The van der Waals surface area contributed by atoms with Gasteiger partial charge in [0, 0.05) is 12.2 Å². The van der Waals surface area contributed by atoms with Gasteiger partial charge in [0.25, 0.3) is 0 Å². The van der Waals surface area contributed by atoms with E-state index in [2.05, 4.69) is 56.5 Å². The van der Waals surface area contributed by atoms with Crippen LogP contribution in [-0.4, -0.2) is 19.0 Å². The van der Waals surface area contributed by atoms with Gasteiger partial charge in [0.15, 0.2) is 0 Å². The van der Waals surface area contributed by atoms with Crippen molar-refractivity contribution < 1.29 is 4.79 Å². The summed E-state index contributed by atoms with van der Waals surface area (Å²) in [5.41, 5.74) is 3.09. The fraction of sp³-hybridized carbons (Fsp3) is 0.588. The summed E-state index contributed by atoms with van der Waals surface area (Å²) in [5, 5.41) is 6.56. The van der Waals surface area contributed by atoms with E-state index in [4.69, 9.17) is 0 Å². The van der Waals surface area contributed by atoms with Gasteiger partial charge in [0.2, 0.25) is 5.91 Å². The van der Waals surface area contributed by atoms with Crippen molar-refractivity contribution in [1.29, 1.82) is 0 Å². The van der Waals surface area contributed by atoms with Crippen molar-refractivity contribution in [3.05, 3.63) is 29.3 Å². The molecule has 0 aromatic heterocycles. The van der Waals surface area contributed by atoms with Crippen LogP contribution in [0.15, 0.2) is 18.2 Å². The first-order valence-corrected chi connectivity index (χ1v) is 7.62. The van der Waals surface area contributed by atoms with Gasteiger partial charge >= 0.3 is 0 Å². The zero-order chi connectivity index (χ0) is 14.8. The van der Waals surface area contributed by atoms with E-state index in [-0.39, 0.29) is 11.3 Å². The predicted octanol–water partition coefficient (Wildman–Crippen LogP) is 3.13. The van der Waals surface area contributed by atoms with E-state index in [1.54, 1.807) is 0 Å². The first kappa shape index (κ1) is 15.0. The number of aryl methyl sites for hydroxylation is 2. The largest absolute Gasteiger partial charge is 0.325 e. The molecule has 2 rings (SSSR count). The molecule has 110 valence electrons. The van der Waals surface area contributed by atoms with E-state index in [0.29, 0.717) is 5.92 Å². The number of hydrogen-bond donors (Lipinski definition) is 2. The van der Waals surface area contributed by atoms with E-state index in [1.165, 1.54) is 5.56 Å². The molecule has 1 aliphatic heterocycles. The normalized spacial score (nSPS) is 22.2. The third kappa shape index (κ3) is 2.59. The molecule has 0 radical (unpaired) electrons. The van der Waals surface area contributed by atoms with Crippen LogP contribution in [0.2, 0.25) is 0 Å². The molecular weight excluding hydrogens is 248 g/mol. The zero-order valence-electron chi connectivity index (χ0n) is 13.0. The topological polar surface area (TPSA) is 41.1 Å². The van der Waals surface area contributed by atoms with Gasteiger partial charge in [-0.25, -0.2) is 0 Å². The lowest BCUT2D eigenvalue weighted by molar-refractivity contribution is -0.126. The summed E-state index contributed by atoms with van der Waals surface area (Å²) in [4.78, 5) is 12.8. The number of hydrogen-bond acceptors (Lipinski definition) is 2. The molecule has 2 N–H and O–H groups in total. The minimum Gasteiger partial charge on any atom is -0.325 e. The Morgan fingerprint density at radius 1 is 1.45 bits per heavy atom. The maximum absolute atomic E-state index is 12.8. The Hall–Kier alpha value is -1.35. The lowest BCUT2D eigenvalue weighted by atomic mass is 9.75. The molecule has 1 atom stereocenters. The molecule has 3 heteroatoms. The van der Waals surface area contributed by atoms with Gasteiger partial charge in [-0.05, 0) is 43.4 Å². The smallest absolute Gasteiger partial charge is 0.232 e. The second kappa shape index (κ2) is 5.96. The van der Waals surface area contributed by atoms with Crippen molar-refractivity contribution in [2.24, 2.45) is 11.3 Å². The number of amides is 1. The minimum absolute atomic E-state index is 0.168. The van der Waals surface area contributed by atoms with E-state index in [9.17, 15) is 4.79 Å². The summed E-state index contributed by atoms with van der Waals surface area (Å²) < 4.78 is 0. The molecule has 1 aromatic rings. The van der Waals surface area contributed by atoms with Crippen LogP contribution in [0.3, 0.4) is 0 Å². The highest BCUT2D eigenvalue weighted by molar-refractivity contribution is 5.97. The maximum Gasteiger partial charge on any atom is 0.232 e. The molecule has 0 aliphatic carbocycles. The van der Waals surface area contributed by atoms with Crippen molar-refractivity contribution in [3.63, 3.8) is 0 Å². The number of nitrogens with one attached hydrogen (secondary N) is 2. The summed E-state index contributed by atoms with van der Waals surface area (Å²) in [6.45, 7) is 10.2. The number of para-hydroxylation sites is 1. The Morgan fingerprint density at radius 2 is 2.20 bits per heavy atom. The van der Waals surface area contributed by atoms with Gasteiger partial charge in [-0.15, -0.1) is 0 Å². The van der Waals surface area contributed by atoms with E-state index in [1.807, 2.05) is 0 Å². The van der Waals surface area contributed by atoms with Crippen LogP contribution in [0.25, 0.3) is 0 Å². The fourth-order valence-electron chi connectivity index (χ4n) is 3.10. The molecule has 1 saturated heterocycles. The van der Waals surface area contributed by atoms with Gasteiger partial charge < -0.3 is 10.6 Å². The first-order valence-electron chi connectivity index (χ1n) is 7.62. The monoisotopic (exact) mass is 274 g/mol. The lowest BCUT2D eigenvalue weighted by Crippen LogP contribution is -2.42. The van der Waals surface area contributed by atoms with E-state index in [0.717, 1.165) is 37.2 Å². The van der Waals surface area contributed by atoms with Crippen molar-refractivity contribution in [1.82, 2.24) is 5.32 Å². The van der Waals surface area contributed by atoms with Crippen LogP contribution in [-0.2, 0) is 11.2 Å². The highest BCUT2D eigenvalue weighted by Crippen LogP contribution is 2.36. The van der Waals surface area contributed by atoms with Crippen LogP contribution in [0.5, 0.6) is 0 Å². The quantitative estimate of drug-likeness (QED) is 0.885. The fourth-order valence-corrected chi connectivity index (χ4v) is 3.10. The molecular formula is C17H26N2O. The standard InChI is InChI=1S/C17H26N2O/c1-5-14-8-6-7-13(4)15(14)19-16(20)17(12(2)3)9-10-18-11-17/h6-8,12,18H,5,9-11H2,1-4H3,(H,19,20). The second-order valence-corrected chi connectivity index (χ2v) is 6.15. The van der Waals surface area contributed by atoms with Gasteiger partial charge in [-0.3, -0.25) is 4.79 Å². The van der Waals surface area contributed by atoms with Crippen molar-refractivity contribution in [3.8, 4) is 0 Å². The third-order valence-electron chi connectivity index (χ3n) is 4.72. The van der Waals surface area contributed by atoms with Crippen LogP contribution in [0.1, 0.15) is 38.3 Å². The Kier molecular flexibility index (Phi) is 4.48. The van der Waals surface area contributed by atoms with Crippen LogP contribution in [0, 0.1) is 18.3 Å². The predicted molar refractivity (Wildman–Crippen MR) is 83.9 cm³/mol. The Bertz CT molecular complexity index is 488. The Labute approximate surface area is 122 Å². The van der Waals surface area contributed by atoms with E-state index >= 15 is 0 Å². The second-order valence-electron chi connectivity index (χ2n) is 6.15. The molecule has 20 heavy (non-hydrogen) atoms. The summed E-state index contributed by atoms with van der Waals surface area (Å²) in [5.74, 6) is 0.507. The summed E-state index contributed by atoms with van der Waals surface area (Å²) in [6.07, 6.45) is 1.86. The molecule has 0 saturated carbocycles. The number of rotatable bonds is 4. The average Bonchev–Trinajstić information content (AvgIpc) is 2.91. The molecule has 0 bridgehead atoms. The van der Waals surface area contributed by atoms with Crippen molar-refractivity contribution >= 4 is 11.6 Å². The van der Waals surface area contributed by atoms with Crippen LogP contribution < -0.4 is 10.6 Å². The highest BCUT2D eigenvalue weighted by atomic mass is 16.2. The Morgan fingerprint density at radius 3 is 2.75 bits per heavy atom. The summed E-state index contributed by atoms with van der Waals surface area (Å²) in [7, 11) is 0.